The third-order valence-electron chi connectivity index (χ3n) is 4.60. The molecule has 0 aromatic heterocycles. The number of hydrogen-bond acceptors (Lipinski definition) is 2. The topological polar surface area (TPSA) is 29.3 Å². The summed E-state index contributed by atoms with van der Waals surface area (Å²) < 4.78 is 13.8. The molecule has 2 unspecified atom stereocenters. The summed E-state index contributed by atoms with van der Waals surface area (Å²) in [4.78, 5) is 2.42. The average Bonchev–Trinajstić information content (AvgIpc) is 2.86. The Morgan fingerprint density at radius 1 is 1.22 bits per heavy atom. The number of benzene rings is 1. The van der Waals surface area contributed by atoms with E-state index < -0.39 is 0 Å². The Bertz CT molecular complexity index is 433. The molecule has 2 aliphatic rings. The van der Waals surface area contributed by atoms with Crippen molar-refractivity contribution >= 4 is 5.69 Å². The fraction of sp³-hybridized carbons (Fsp3) is 0.600. The molecular weight excluding hydrogens is 227 g/mol. The number of halogens is 1. The van der Waals surface area contributed by atoms with Crippen LogP contribution in [0.4, 0.5) is 10.1 Å². The fourth-order valence-corrected chi connectivity index (χ4v) is 3.77. The molecule has 1 aliphatic heterocycles. The first-order valence-electron chi connectivity index (χ1n) is 7.05. The Morgan fingerprint density at radius 3 is 2.89 bits per heavy atom. The Kier molecular flexibility index (Phi) is 3.25. The van der Waals surface area contributed by atoms with E-state index in [0.717, 1.165) is 18.2 Å². The number of rotatable bonds is 2. The minimum Gasteiger partial charge on any atom is -0.368 e. The maximum absolute atomic E-state index is 13.8. The van der Waals surface area contributed by atoms with Crippen LogP contribution >= 0.6 is 0 Å². The Balaban J connectivity index is 1.96. The van der Waals surface area contributed by atoms with E-state index in [0.29, 0.717) is 11.6 Å². The van der Waals surface area contributed by atoms with Crippen molar-refractivity contribution in [1.29, 1.82) is 0 Å². The molecule has 1 saturated heterocycles. The second-order valence-electron chi connectivity index (χ2n) is 5.54. The number of anilines is 1. The zero-order valence-corrected chi connectivity index (χ0v) is 10.7. The summed E-state index contributed by atoms with van der Waals surface area (Å²) in [5.74, 6) is 0.655. The normalized spacial score (nSPS) is 27.3. The van der Waals surface area contributed by atoms with Crippen LogP contribution in [0.3, 0.4) is 0 Å². The van der Waals surface area contributed by atoms with Gasteiger partial charge >= 0.3 is 0 Å². The van der Waals surface area contributed by atoms with Gasteiger partial charge in [-0.05, 0) is 43.7 Å². The molecule has 2 atom stereocenters. The molecule has 98 valence electrons. The number of hydrogen-bond donors (Lipinski definition) is 1. The average molecular weight is 248 g/mol. The van der Waals surface area contributed by atoms with Crippen LogP contribution in [0.5, 0.6) is 0 Å². The van der Waals surface area contributed by atoms with Gasteiger partial charge in [-0.25, -0.2) is 4.39 Å². The zero-order valence-electron chi connectivity index (χ0n) is 10.7. The van der Waals surface area contributed by atoms with Gasteiger partial charge in [0.15, 0.2) is 0 Å². The van der Waals surface area contributed by atoms with Crippen molar-refractivity contribution < 1.29 is 4.39 Å². The molecule has 1 aliphatic carbocycles. The van der Waals surface area contributed by atoms with E-state index in [2.05, 4.69) is 4.90 Å². The monoisotopic (exact) mass is 248 g/mol. The smallest absolute Gasteiger partial charge is 0.129 e. The van der Waals surface area contributed by atoms with E-state index in [1.165, 1.54) is 38.2 Å². The van der Waals surface area contributed by atoms with E-state index in [1.54, 1.807) is 0 Å². The lowest BCUT2D eigenvalue weighted by Gasteiger charge is -2.40. The van der Waals surface area contributed by atoms with Crippen molar-refractivity contribution in [1.82, 2.24) is 0 Å². The lowest BCUT2D eigenvalue weighted by molar-refractivity contribution is 0.361. The SMILES string of the molecule is NCc1c(F)cccc1N1CCCC2CCCC21. The van der Waals surface area contributed by atoms with Crippen molar-refractivity contribution in [2.45, 2.75) is 44.7 Å². The Labute approximate surface area is 108 Å². The van der Waals surface area contributed by atoms with Gasteiger partial charge < -0.3 is 10.6 Å². The summed E-state index contributed by atoms with van der Waals surface area (Å²) >= 11 is 0. The molecule has 1 aromatic rings. The van der Waals surface area contributed by atoms with Crippen LogP contribution in [0.15, 0.2) is 18.2 Å². The van der Waals surface area contributed by atoms with Crippen LogP contribution < -0.4 is 10.6 Å². The van der Waals surface area contributed by atoms with Gasteiger partial charge in [0.05, 0.1) is 0 Å². The summed E-state index contributed by atoms with van der Waals surface area (Å²) in [5.41, 5.74) is 7.45. The van der Waals surface area contributed by atoms with Crippen molar-refractivity contribution in [3.05, 3.63) is 29.6 Å². The molecule has 2 nitrogen and oxygen atoms in total. The lowest BCUT2D eigenvalue weighted by Crippen LogP contribution is -2.43. The number of nitrogens with zero attached hydrogens (tertiary/aromatic N) is 1. The van der Waals surface area contributed by atoms with E-state index >= 15 is 0 Å². The van der Waals surface area contributed by atoms with Gasteiger partial charge in [-0.1, -0.05) is 12.5 Å². The van der Waals surface area contributed by atoms with Crippen LogP contribution in [0.2, 0.25) is 0 Å². The summed E-state index contributed by atoms with van der Waals surface area (Å²) in [6.45, 7) is 1.34. The molecule has 0 radical (unpaired) electrons. The molecule has 18 heavy (non-hydrogen) atoms. The molecule has 1 saturated carbocycles. The second kappa shape index (κ2) is 4.88. The number of fused-ring (bicyclic) bond motifs is 1. The number of piperidine rings is 1. The first-order chi connectivity index (χ1) is 8.81. The van der Waals surface area contributed by atoms with Gasteiger partial charge in [0, 0.05) is 30.4 Å². The van der Waals surface area contributed by atoms with Crippen LogP contribution in [0, 0.1) is 11.7 Å². The minimum absolute atomic E-state index is 0.157. The maximum atomic E-state index is 13.8. The van der Waals surface area contributed by atoms with Crippen LogP contribution in [-0.4, -0.2) is 12.6 Å². The summed E-state index contributed by atoms with van der Waals surface area (Å²) in [6.07, 6.45) is 6.48. The van der Waals surface area contributed by atoms with E-state index in [1.807, 2.05) is 12.1 Å². The Morgan fingerprint density at radius 2 is 2.06 bits per heavy atom. The molecular formula is C15H21FN2. The van der Waals surface area contributed by atoms with Crippen LogP contribution in [0.1, 0.15) is 37.7 Å². The summed E-state index contributed by atoms with van der Waals surface area (Å²) in [5, 5.41) is 0. The minimum atomic E-state index is -0.157. The van der Waals surface area contributed by atoms with E-state index in [4.69, 9.17) is 5.73 Å². The molecule has 0 bridgehead atoms. The summed E-state index contributed by atoms with van der Waals surface area (Å²) in [7, 11) is 0. The molecule has 1 aromatic carbocycles. The summed E-state index contributed by atoms with van der Waals surface area (Å²) in [6, 6.07) is 5.97. The largest absolute Gasteiger partial charge is 0.368 e. The molecule has 3 rings (SSSR count). The van der Waals surface area contributed by atoms with Gasteiger partial charge in [-0.2, -0.15) is 0 Å². The van der Waals surface area contributed by atoms with Crippen molar-refractivity contribution in [2.75, 3.05) is 11.4 Å². The van der Waals surface area contributed by atoms with Gasteiger partial charge in [0.1, 0.15) is 5.82 Å². The number of nitrogens with two attached hydrogens (primary N) is 1. The van der Waals surface area contributed by atoms with Crippen molar-refractivity contribution in [3.63, 3.8) is 0 Å². The molecule has 2 N–H and O–H groups in total. The first kappa shape index (κ1) is 12.0. The maximum Gasteiger partial charge on any atom is 0.129 e. The van der Waals surface area contributed by atoms with Gasteiger partial charge in [0.2, 0.25) is 0 Å². The predicted octanol–water partition coefficient (Wildman–Crippen LogP) is 3.05. The highest BCUT2D eigenvalue weighted by Gasteiger charge is 2.35. The second-order valence-corrected chi connectivity index (χ2v) is 5.54. The molecule has 2 fully saturated rings. The lowest BCUT2D eigenvalue weighted by atomic mass is 9.91. The third kappa shape index (κ3) is 1.91. The van der Waals surface area contributed by atoms with Gasteiger partial charge in [-0.15, -0.1) is 0 Å². The Hall–Kier alpha value is -1.09. The highest BCUT2D eigenvalue weighted by atomic mass is 19.1. The van der Waals surface area contributed by atoms with Crippen LogP contribution in [0.25, 0.3) is 0 Å². The molecule has 0 amide bonds. The zero-order chi connectivity index (χ0) is 12.5. The van der Waals surface area contributed by atoms with E-state index in [9.17, 15) is 4.39 Å². The fourth-order valence-electron chi connectivity index (χ4n) is 3.77. The third-order valence-corrected chi connectivity index (χ3v) is 4.60. The molecule has 3 heteroatoms. The standard InChI is InChI=1S/C15H21FN2/c16-13-6-2-8-15(12(13)10-17)18-9-3-5-11-4-1-7-14(11)18/h2,6,8,11,14H,1,3-5,7,9-10,17H2. The van der Waals surface area contributed by atoms with Gasteiger partial charge in [0.25, 0.3) is 0 Å². The molecule has 0 spiro atoms. The highest BCUT2D eigenvalue weighted by Crippen LogP contribution is 2.40. The first-order valence-corrected chi connectivity index (χ1v) is 7.05. The van der Waals surface area contributed by atoms with E-state index in [-0.39, 0.29) is 12.4 Å². The predicted molar refractivity (Wildman–Crippen MR) is 72.0 cm³/mol. The van der Waals surface area contributed by atoms with Crippen molar-refractivity contribution in [3.8, 4) is 0 Å². The molecule has 1 heterocycles. The van der Waals surface area contributed by atoms with Crippen molar-refractivity contribution in [2.24, 2.45) is 11.7 Å². The van der Waals surface area contributed by atoms with Gasteiger partial charge in [-0.3, -0.25) is 0 Å². The quantitative estimate of drug-likeness (QED) is 0.871. The van der Waals surface area contributed by atoms with Crippen LogP contribution in [-0.2, 0) is 6.54 Å². The highest BCUT2D eigenvalue weighted by molar-refractivity contribution is 5.55.